The molecule has 1 amide bonds. The average molecular weight is 415 g/mol. The predicted octanol–water partition coefficient (Wildman–Crippen LogP) is 3.80. The van der Waals surface area contributed by atoms with Crippen molar-refractivity contribution in [1.29, 1.82) is 0 Å². The zero-order chi connectivity index (χ0) is 20.9. The molecule has 1 aliphatic heterocycles. The predicted molar refractivity (Wildman–Crippen MR) is 115 cm³/mol. The van der Waals surface area contributed by atoms with Gasteiger partial charge in [-0.15, -0.1) is 0 Å². The van der Waals surface area contributed by atoms with Crippen molar-refractivity contribution < 1.29 is 13.2 Å². The van der Waals surface area contributed by atoms with Crippen LogP contribution in [-0.4, -0.2) is 31.7 Å². The molecule has 0 unspecified atom stereocenters. The number of carbonyl (C=O) groups excluding carboxylic acids is 1. The molecule has 0 saturated carbocycles. The number of aryl methyl sites for hydroxylation is 2. The Balaban J connectivity index is 1.44. The van der Waals surface area contributed by atoms with E-state index >= 15 is 0 Å². The Hall–Kier alpha value is -2.18. The van der Waals surface area contributed by atoms with Gasteiger partial charge in [0.15, 0.2) is 0 Å². The summed E-state index contributed by atoms with van der Waals surface area (Å²) < 4.78 is 27.4. The van der Waals surface area contributed by atoms with Gasteiger partial charge in [-0.1, -0.05) is 48.0 Å². The van der Waals surface area contributed by atoms with Gasteiger partial charge < -0.3 is 5.32 Å². The van der Waals surface area contributed by atoms with Crippen molar-refractivity contribution in [3.8, 4) is 0 Å². The highest BCUT2D eigenvalue weighted by molar-refractivity contribution is 7.89. The standard InChI is InChI=1S/C23H30N2O3S/c1-18-6-5-8-21(16-18)17-24-23(26)11-10-20-12-14-25(15-13-20)29(27,28)22-9-4-3-7-19(22)2/h3-9,16,20H,10-15,17H2,1-2H3,(H,24,26). The van der Waals surface area contributed by atoms with Crippen molar-refractivity contribution in [2.24, 2.45) is 5.92 Å². The van der Waals surface area contributed by atoms with E-state index in [2.05, 4.69) is 11.4 Å². The topological polar surface area (TPSA) is 66.5 Å². The van der Waals surface area contributed by atoms with Crippen molar-refractivity contribution >= 4 is 15.9 Å². The lowest BCUT2D eigenvalue weighted by atomic mass is 9.93. The number of hydrogen-bond donors (Lipinski definition) is 1. The normalized spacial score (nSPS) is 15.9. The summed E-state index contributed by atoms with van der Waals surface area (Å²) in [6, 6.07) is 15.2. The Morgan fingerprint density at radius 3 is 2.48 bits per heavy atom. The van der Waals surface area contributed by atoms with Crippen LogP contribution in [0.5, 0.6) is 0 Å². The van der Waals surface area contributed by atoms with Crippen LogP contribution in [0.15, 0.2) is 53.4 Å². The van der Waals surface area contributed by atoms with Crippen LogP contribution >= 0.6 is 0 Å². The Morgan fingerprint density at radius 1 is 1.07 bits per heavy atom. The van der Waals surface area contributed by atoms with Crippen LogP contribution < -0.4 is 5.32 Å². The van der Waals surface area contributed by atoms with Gasteiger partial charge in [-0.05, 0) is 56.2 Å². The van der Waals surface area contributed by atoms with Crippen LogP contribution in [0.2, 0.25) is 0 Å². The molecule has 29 heavy (non-hydrogen) atoms. The highest BCUT2D eigenvalue weighted by Crippen LogP contribution is 2.27. The van der Waals surface area contributed by atoms with E-state index in [0.29, 0.717) is 36.9 Å². The molecule has 1 aliphatic rings. The smallest absolute Gasteiger partial charge is 0.243 e. The summed E-state index contributed by atoms with van der Waals surface area (Å²) in [5, 5.41) is 2.98. The summed E-state index contributed by atoms with van der Waals surface area (Å²) in [6.45, 7) is 5.46. The first kappa shape index (κ1) is 21.5. The molecule has 0 aromatic heterocycles. The number of hydrogen-bond acceptors (Lipinski definition) is 3. The number of benzene rings is 2. The number of amides is 1. The molecule has 1 N–H and O–H groups in total. The molecule has 0 atom stereocenters. The molecule has 0 bridgehead atoms. The van der Waals surface area contributed by atoms with Gasteiger partial charge in [-0.25, -0.2) is 8.42 Å². The van der Waals surface area contributed by atoms with E-state index in [1.54, 1.807) is 16.4 Å². The second-order valence-corrected chi connectivity index (χ2v) is 9.82. The van der Waals surface area contributed by atoms with Crippen LogP contribution in [0.1, 0.15) is 42.4 Å². The van der Waals surface area contributed by atoms with Crippen LogP contribution in [-0.2, 0) is 21.4 Å². The molecule has 6 heteroatoms. The largest absolute Gasteiger partial charge is 0.352 e. The van der Waals surface area contributed by atoms with Crippen LogP contribution in [0, 0.1) is 19.8 Å². The maximum atomic E-state index is 12.9. The third-order valence-corrected chi connectivity index (χ3v) is 7.70. The fourth-order valence-corrected chi connectivity index (χ4v) is 5.56. The first-order valence-corrected chi connectivity index (χ1v) is 11.7. The molecule has 156 valence electrons. The Bertz CT molecular complexity index is 948. The van der Waals surface area contributed by atoms with Gasteiger partial charge >= 0.3 is 0 Å². The van der Waals surface area contributed by atoms with Crippen molar-refractivity contribution in [1.82, 2.24) is 9.62 Å². The van der Waals surface area contributed by atoms with Crippen LogP contribution in [0.4, 0.5) is 0 Å². The number of piperidine rings is 1. The molecule has 3 rings (SSSR count). The molecule has 5 nitrogen and oxygen atoms in total. The summed E-state index contributed by atoms with van der Waals surface area (Å²) in [4.78, 5) is 12.6. The number of rotatable bonds is 7. The lowest BCUT2D eigenvalue weighted by molar-refractivity contribution is -0.121. The van der Waals surface area contributed by atoms with Crippen molar-refractivity contribution in [2.75, 3.05) is 13.1 Å². The van der Waals surface area contributed by atoms with E-state index in [0.717, 1.165) is 30.4 Å². The second kappa shape index (κ2) is 9.55. The molecule has 0 aliphatic carbocycles. The summed E-state index contributed by atoms with van der Waals surface area (Å²) in [5.41, 5.74) is 3.07. The van der Waals surface area contributed by atoms with Gasteiger partial charge in [-0.2, -0.15) is 4.31 Å². The molecule has 2 aromatic carbocycles. The maximum Gasteiger partial charge on any atom is 0.243 e. The molecule has 1 saturated heterocycles. The quantitative estimate of drug-likeness (QED) is 0.749. The lowest BCUT2D eigenvalue weighted by Crippen LogP contribution is -2.39. The number of nitrogens with one attached hydrogen (secondary N) is 1. The van der Waals surface area contributed by atoms with Gasteiger partial charge in [0.25, 0.3) is 0 Å². The molecule has 0 spiro atoms. The summed E-state index contributed by atoms with van der Waals surface area (Å²) in [7, 11) is -3.44. The zero-order valence-corrected chi connectivity index (χ0v) is 18.0. The van der Waals surface area contributed by atoms with E-state index in [1.165, 1.54) is 5.56 Å². The fourth-order valence-electron chi connectivity index (χ4n) is 3.87. The fraction of sp³-hybridized carbons (Fsp3) is 0.435. The molecule has 2 aromatic rings. The van der Waals surface area contributed by atoms with Gasteiger partial charge in [-0.3, -0.25) is 4.79 Å². The van der Waals surface area contributed by atoms with Crippen molar-refractivity contribution in [3.63, 3.8) is 0 Å². The average Bonchev–Trinajstić information content (AvgIpc) is 2.71. The van der Waals surface area contributed by atoms with Crippen LogP contribution in [0.25, 0.3) is 0 Å². The number of carbonyl (C=O) groups is 1. The van der Waals surface area contributed by atoms with E-state index in [-0.39, 0.29) is 5.91 Å². The Morgan fingerprint density at radius 2 is 1.79 bits per heavy atom. The highest BCUT2D eigenvalue weighted by Gasteiger charge is 2.30. The molecule has 0 radical (unpaired) electrons. The zero-order valence-electron chi connectivity index (χ0n) is 17.2. The summed E-state index contributed by atoms with van der Waals surface area (Å²) in [5.74, 6) is 0.449. The second-order valence-electron chi connectivity index (χ2n) is 7.92. The van der Waals surface area contributed by atoms with Crippen molar-refractivity contribution in [2.45, 2.75) is 51.0 Å². The van der Waals surface area contributed by atoms with Crippen molar-refractivity contribution in [3.05, 3.63) is 65.2 Å². The first-order chi connectivity index (χ1) is 13.9. The first-order valence-electron chi connectivity index (χ1n) is 10.2. The Labute approximate surface area is 174 Å². The van der Waals surface area contributed by atoms with Gasteiger partial charge in [0, 0.05) is 26.1 Å². The van der Waals surface area contributed by atoms with E-state index in [9.17, 15) is 13.2 Å². The monoisotopic (exact) mass is 414 g/mol. The minimum absolute atomic E-state index is 0.0569. The third kappa shape index (κ3) is 5.67. The molecular formula is C23H30N2O3S. The van der Waals surface area contributed by atoms with E-state index < -0.39 is 10.0 Å². The molecular weight excluding hydrogens is 384 g/mol. The van der Waals surface area contributed by atoms with Gasteiger partial charge in [0.05, 0.1) is 4.90 Å². The summed E-state index contributed by atoms with van der Waals surface area (Å²) >= 11 is 0. The van der Waals surface area contributed by atoms with E-state index in [1.807, 2.05) is 44.2 Å². The maximum absolute atomic E-state index is 12.9. The lowest BCUT2D eigenvalue weighted by Gasteiger charge is -2.31. The SMILES string of the molecule is Cc1cccc(CNC(=O)CCC2CCN(S(=O)(=O)c3ccccc3C)CC2)c1. The van der Waals surface area contributed by atoms with Gasteiger partial charge in [0.1, 0.15) is 0 Å². The minimum atomic E-state index is -3.44. The molecule has 1 fully saturated rings. The van der Waals surface area contributed by atoms with Gasteiger partial charge in [0.2, 0.25) is 15.9 Å². The van der Waals surface area contributed by atoms with Crippen LogP contribution in [0.3, 0.4) is 0 Å². The minimum Gasteiger partial charge on any atom is -0.352 e. The molecule has 1 heterocycles. The summed E-state index contributed by atoms with van der Waals surface area (Å²) in [6.07, 6.45) is 2.89. The highest BCUT2D eigenvalue weighted by atomic mass is 32.2. The van der Waals surface area contributed by atoms with E-state index in [4.69, 9.17) is 0 Å². The number of nitrogens with zero attached hydrogens (tertiary/aromatic N) is 1. The Kier molecular flexibility index (Phi) is 7.09. The number of sulfonamides is 1. The third-order valence-electron chi connectivity index (χ3n) is 5.64.